The van der Waals surface area contributed by atoms with E-state index in [1.165, 1.54) is 10.9 Å². The largest absolute Gasteiger partial charge is 0.392 e. The molecule has 0 aliphatic heterocycles. The quantitative estimate of drug-likeness (QED) is 0.861. The maximum absolute atomic E-state index is 11.9. The van der Waals surface area contributed by atoms with Crippen LogP contribution in [0.25, 0.3) is 10.9 Å². The SMILES string of the molecule is CC(O)Cn1cnc2cc(Cl)ccc2c1=O. The molecule has 2 rings (SSSR count). The molecule has 1 unspecified atom stereocenters. The van der Waals surface area contributed by atoms with Crippen molar-refractivity contribution in [1.29, 1.82) is 0 Å². The van der Waals surface area contributed by atoms with E-state index < -0.39 is 6.10 Å². The van der Waals surface area contributed by atoms with Gasteiger partial charge in [0.2, 0.25) is 0 Å². The molecular formula is C11H11ClN2O2. The monoisotopic (exact) mass is 238 g/mol. The summed E-state index contributed by atoms with van der Waals surface area (Å²) in [6, 6.07) is 4.94. The van der Waals surface area contributed by atoms with Gasteiger partial charge in [-0.3, -0.25) is 9.36 Å². The second kappa shape index (κ2) is 4.23. The highest BCUT2D eigenvalue weighted by Crippen LogP contribution is 2.14. The second-order valence-electron chi connectivity index (χ2n) is 3.71. The summed E-state index contributed by atoms with van der Waals surface area (Å²) >= 11 is 5.81. The van der Waals surface area contributed by atoms with Gasteiger partial charge in [-0.25, -0.2) is 4.98 Å². The maximum atomic E-state index is 11.9. The van der Waals surface area contributed by atoms with E-state index in [2.05, 4.69) is 4.98 Å². The predicted molar refractivity (Wildman–Crippen MR) is 62.7 cm³/mol. The van der Waals surface area contributed by atoms with Crippen molar-refractivity contribution in [2.45, 2.75) is 19.6 Å². The van der Waals surface area contributed by atoms with Crippen LogP contribution in [0.1, 0.15) is 6.92 Å². The molecular weight excluding hydrogens is 228 g/mol. The van der Waals surface area contributed by atoms with E-state index in [9.17, 15) is 9.90 Å². The van der Waals surface area contributed by atoms with E-state index in [1.54, 1.807) is 25.1 Å². The predicted octanol–water partition coefficient (Wildman–Crippen LogP) is 1.43. The lowest BCUT2D eigenvalue weighted by molar-refractivity contribution is 0.172. The van der Waals surface area contributed by atoms with E-state index in [-0.39, 0.29) is 12.1 Å². The molecule has 84 valence electrons. The highest BCUT2D eigenvalue weighted by atomic mass is 35.5. The van der Waals surface area contributed by atoms with Crippen molar-refractivity contribution >= 4 is 22.5 Å². The van der Waals surface area contributed by atoms with Crippen molar-refractivity contribution < 1.29 is 5.11 Å². The zero-order chi connectivity index (χ0) is 11.7. The standard InChI is InChI=1S/C11H11ClN2O2/c1-7(15)5-14-6-13-10-4-8(12)2-3-9(10)11(14)16/h2-4,6-7,15H,5H2,1H3. The number of benzene rings is 1. The first-order valence-corrected chi connectivity index (χ1v) is 5.28. The number of rotatable bonds is 2. The third-order valence-corrected chi connectivity index (χ3v) is 2.48. The summed E-state index contributed by atoms with van der Waals surface area (Å²) in [5.41, 5.74) is 0.405. The van der Waals surface area contributed by atoms with Crippen LogP contribution in [0.5, 0.6) is 0 Å². The number of nitrogens with zero attached hydrogens (tertiary/aromatic N) is 2. The molecule has 0 saturated carbocycles. The van der Waals surface area contributed by atoms with Crippen LogP contribution in [0.4, 0.5) is 0 Å². The molecule has 1 atom stereocenters. The van der Waals surface area contributed by atoms with Gasteiger partial charge in [-0.15, -0.1) is 0 Å². The van der Waals surface area contributed by atoms with E-state index in [4.69, 9.17) is 11.6 Å². The Hall–Kier alpha value is -1.39. The summed E-state index contributed by atoms with van der Waals surface area (Å²) in [5, 5.41) is 10.3. The third-order valence-electron chi connectivity index (χ3n) is 2.25. The third kappa shape index (κ3) is 2.08. The van der Waals surface area contributed by atoms with E-state index in [0.29, 0.717) is 15.9 Å². The van der Waals surface area contributed by atoms with Crippen LogP contribution in [0, 0.1) is 0 Å². The van der Waals surface area contributed by atoms with E-state index in [1.807, 2.05) is 0 Å². The lowest BCUT2D eigenvalue weighted by Gasteiger charge is -2.08. The van der Waals surface area contributed by atoms with Crippen LogP contribution < -0.4 is 5.56 Å². The molecule has 0 bridgehead atoms. The van der Waals surface area contributed by atoms with Gasteiger partial charge in [-0.1, -0.05) is 11.6 Å². The molecule has 16 heavy (non-hydrogen) atoms. The molecule has 1 N–H and O–H groups in total. The van der Waals surface area contributed by atoms with E-state index in [0.717, 1.165) is 0 Å². The molecule has 0 aliphatic carbocycles. The summed E-state index contributed by atoms with van der Waals surface area (Å²) in [7, 11) is 0. The normalized spacial score (nSPS) is 12.9. The lowest BCUT2D eigenvalue weighted by atomic mass is 10.2. The number of aromatic nitrogens is 2. The van der Waals surface area contributed by atoms with Gasteiger partial charge in [0.1, 0.15) is 0 Å². The highest BCUT2D eigenvalue weighted by molar-refractivity contribution is 6.31. The van der Waals surface area contributed by atoms with Crippen LogP contribution in [0.2, 0.25) is 5.02 Å². The molecule has 1 heterocycles. The molecule has 1 aromatic heterocycles. The summed E-state index contributed by atoms with van der Waals surface area (Å²) < 4.78 is 1.39. The van der Waals surface area contributed by atoms with Gasteiger partial charge in [0.05, 0.1) is 29.9 Å². The summed E-state index contributed by atoms with van der Waals surface area (Å²) in [4.78, 5) is 16.1. The topological polar surface area (TPSA) is 55.1 Å². The van der Waals surface area contributed by atoms with Crippen molar-refractivity contribution in [1.82, 2.24) is 9.55 Å². The Morgan fingerprint density at radius 1 is 1.56 bits per heavy atom. The Morgan fingerprint density at radius 3 is 3.00 bits per heavy atom. The average molecular weight is 239 g/mol. The molecule has 5 heteroatoms. The van der Waals surface area contributed by atoms with Crippen LogP contribution in [-0.4, -0.2) is 20.8 Å². The number of hydrogen-bond acceptors (Lipinski definition) is 3. The Balaban J connectivity index is 2.61. The lowest BCUT2D eigenvalue weighted by Crippen LogP contribution is -2.25. The first kappa shape index (κ1) is 11.1. The fourth-order valence-electron chi connectivity index (χ4n) is 1.55. The summed E-state index contributed by atoms with van der Waals surface area (Å²) in [5.74, 6) is 0. The number of aliphatic hydroxyl groups excluding tert-OH is 1. The number of aliphatic hydroxyl groups is 1. The van der Waals surface area contributed by atoms with Gasteiger partial charge >= 0.3 is 0 Å². The smallest absolute Gasteiger partial charge is 0.261 e. The molecule has 0 aliphatic rings. The molecule has 1 aromatic carbocycles. The zero-order valence-electron chi connectivity index (χ0n) is 8.72. The molecule has 0 amide bonds. The van der Waals surface area contributed by atoms with Crippen molar-refractivity contribution in [3.63, 3.8) is 0 Å². The average Bonchev–Trinajstić information content (AvgIpc) is 2.22. The highest BCUT2D eigenvalue weighted by Gasteiger charge is 2.06. The zero-order valence-corrected chi connectivity index (χ0v) is 9.48. The second-order valence-corrected chi connectivity index (χ2v) is 4.15. The minimum atomic E-state index is -0.579. The molecule has 0 spiro atoms. The molecule has 0 radical (unpaired) electrons. The molecule has 0 fully saturated rings. The van der Waals surface area contributed by atoms with Gasteiger partial charge in [0.15, 0.2) is 0 Å². The fourth-order valence-corrected chi connectivity index (χ4v) is 1.71. The maximum Gasteiger partial charge on any atom is 0.261 e. The van der Waals surface area contributed by atoms with Crippen molar-refractivity contribution in [3.05, 3.63) is 39.9 Å². The van der Waals surface area contributed by atoms with Crippen LogP contribution in [-0.2, 0) is 6.54 Å². The van der Waals surface area contributed by atoms with Gasteiger partial charge in [-0.05, 0) is 25.1 Å². The Bertz CT molecular complexity index is 578. The minimum absolute atomic E-state index is 0.164. The Kier molecular flexibility index (Phi) is 2.94. The summed E-state index contributed by atoms with van der Waals surface area (Å²) in [6.45, 7) is 1.86. The van der Waals surface area contributed by atoms with Crippen molar-refractivity contribution in [2.75, 3.05) is 0 Å². The van der Waals surface area contributed by atoms with Crippen LogP contribution in [0.15, 0.2) is 29.3 Å². The number of halogens is 1. The Morgan fingerprint density at radius 2 is 2.31 bits per heavy atom. The molecule has 4 nitrogen and oxygen atoms in total. The molecule has 0 saturated heterocycles. The fraction of sp³-hybridized carbons (Fsp3) is 0.273. The van der Waals surface area contributed by atoms with Crippen LogP contribution in [0.3, 0.4) is 0 Å². The number of hydrogen-bond donors (Lipinski definition) is 1. The van der Waals surface area contributed by atoms with Crippen molar-refractivity contribution in [2.24, 2.45) is 0 Å². The number of fused-ring (bicyclic) bond motifs is 1. The molecule has 2 aromatic rings. The summed E-state index contributed by atoms with van der Waals surface area (Å²) in [6.07, 6.45) is 0.845. The van der Waals surface area contributed by atoms with Gasteiger partial charge < -0.3 is 5.11 Å². The van der Waals surface area contributed by atoms with Crippen molar-refractivity contribution in [3.8, 4) is 0 Å². The van der Waals surface area contributed by atoms with Crippen LogP contribution >= 0.6 is 11.6 Å². The first-order chi connectivity index (χ1) is 7.58. The minimum Gasteiger partial charge on any atom is -0.392 e. The van der Waals surface area contributed by atoms with E-state index >= 15 is 0 Å². The van der Waals surface area contributed by atoms with Gasteiger partial charge in [0.25, 0.3) is 5.56 Å². The van der Waals surface area contributed by atoms with Gasteiger partial charge in [-0.2, -0.15) is 0 Å². The van der Waals surface area contributed by atoms with Gasteiger partial charge in [0, 0.05) is 5.02 Å². The Labute approximate surface area is 97.1 Å². The first-order valence-electron chi connectivity index (χ1n) is 4.90.